The summed E-state index contributed by atoms with van der Waals surface area (Å²) in [5.74, 6) is 1.34. The van der Waals surface area contributed by atoms with Gasteiger partial charge in [-0.05, 0) is 54.8 Å². The van der Waals surface area contributed by atoms with E-state index < -0.39 is 0 Å². The molecule has 0 aliphatic rings. The van der Waals surface area contributed by atoms with E-state index in [4.69, 9.17) is 26.1 Å². The lowest BCUT2D eigenvalue weighted by Crippen LogP contribution is -2.23. The predicted molar refractivity (Wildman–Crippen MR) is 140 cm³/mol. The van der Waals surface area contributed by atoms with Crippen LogP contribution in [-0.4, -0.2) is 28.3 Å². The molecule has 35 heavy (non-hydrogen) atoms. The van der Waals surface area contributed by atoms with Gasteiger partial charge in [-0.3, -0.25) is 9.36 Å². The van der Waals surface area contributed by atoms with Crippen LogP contribution >= 0.6 is 11.6 Å². The topological polar surface area (TPSA) is 58.3 Å². The molecular formula is C28H26ClN3O3. The highest BCUT2D eigenvalue weighted by molar-refractivity contribution is 6.31. The van der Waals surface area contributed by atoms with Crippen molar-refractivity contribution in [1.29, 1.82) is 0 Å². The maximum Gasteiger partial charge on any atom is 0.277 e. The van der Waals surface area contributed by atoms with E-state index in [1.807, 2.05) is 54.0 Å². The fraction of sp³-hybridized carbons (Fsp3) is 0.214. The van der Waals surface area contributed by atoms with Crippen molar-refractivity contribution < 1.29 is 9.47 Å². The maximum atomic E-state index is 13.7. The number of halogens is 1. The number of hydrogen-bond acceptors (Lipinski definition) is 4. The lowest BCUT2D eigenvalue weighted by atomic mass is 10.1. The summed E-state index contributed by atoms with van der Waals surface area (Å²) in [6, 6.07) is 19.7. The molecule has 7 heteroatoms. The minimum absolute atomic E-state index is 0.0728. The summed E-state index contributed by atoms with van der Waals surface area (Å²) in [5, 5.41) is 1.64. The molecule has 0 amide bonds. The number of fused-ring (bicyclic) bond motifs is 3. The van der Waals surface area contributed by atoms with Gasteiger partial charge in [0.1, 0.15) is 11.0 Å². The van der Waals surface area contributed by atoms with Crippen LogP contribution in [0.15, 0.2) is 71.8 Å². The normalized spacial score (nSPS) is 11.3. The Morgan fingerprint density at radius 2 is 1.77 bits per heavy atom. The first-order valence-corrected chi connectivity index (χ1v) is 11.8. The van der Waals surface area contributed by atoms with Gasteiger partial charge in [-0.1, -0.05) is 47.5 Å². The Morgan fingerprint density at radius 3 is 2.54 bits per heavy atom. The molecule has 0 bridgehead atoms. The second-order valence-electron chi connectivity index (χ2n) is 8.58. The molecule has 0 aliphatic heterocycles. The molecular weight excluding hydrogens is 462 g/mol. The monoisotopic (exact) mass is 487 g/mol. The zero-order chi connectivity index (χ0) is 24.5. The highest BCUT2D eigenvalue weighted by atomic mass is 35.5. The van der Waals surface area contributed by atoms with E-state index in [2.05, 4.69) is 18.2 Å². The van der Waals surface area contributed by atoms with Crippen molar-refractivity contribution in [2.24, 2.45) is 0 Å². The number of methoxy groups -OCH3 is 2. The standard InChI is InChI=1S/C28H26ClN3O3/c1-18-8-10-23-21(14-18)26-27(32(23)16-20-6-4-5-7-22(20)29)28(33)31(17-30-26)13-12-19-9-11-24(34-2)25(15-19)35-3/h4-11,14-15,17H,12-13,16H2,1-3H3. The Morgan fingerprint density at radius 1 is 0.971 bits per heavy atom. The number of rotatable bonds is 7. The van der Waals surface area contributed by atoms with Crippen LogP contribution in [-0.2, 0) is 19.5 Å². The van der Waals surface area contributed by atoms with E-state index >= 15 is 0 Å². The first-order chi connectivity index (χ1) is 17.0. The van der Waals surface area contributed by atoms with E-state index in [0.29, 0.717) is 47.1 Å². The third kappa shape index (κ3) is 4.26. The van der Waals surface area contributed by atoms with Gasteiger partial charge in [0, 0.05) is 23.5 Å². The molecule has 0 atom stereocenters. The van der Waals surface area contributed by atoms with Gasteiger partial charge in [-0.15, -0.1) is 0 Å². The van der Waals surface area contributed by atoms with Gasteiger partial charge in [0.2, 0.25) is 0 Å². The molecule has 0 saturated heterocycles. The molecule has 2 aromatic heterocycles. The number of aromatic nitrogens is 3. The summed E-state index contributed by atoms with van der Waals surface area (Å²) in [5.41, 5.74) is 5.30. The lowest BCUT2D eigenvalue weighted by Gasteiger charge is -2.11. The number of aryl methyl sites for hydroxylation is 3. The summed E-state index contributed by atoms with van der Waals surface area (Å²) < 4.78 is 14.5. The van der Waals surface area contributed by atoms with Crippen molar-refractivity contribution in [2.45, 2.75) is 26.4 Å². The second-order valence-corrected chi connectivity index (χ2v) is 8.99. The van der Waals surface area contributed by atoms with Gasteiger partial charge < -0.3 is 14.0 Å². The van der Waals surface area contributed by atoms with Crippen LogP contribution in [0.5, 0.6) is 11.5 Å². The molecule has 0 N–H and O–H groups in total. The van der Waals surface area contributed by atoms with E-state index in [-0.39, 0.29) is 5.56 Å². The van der Waals surface area contributed by atoms with Crippen molar-refractivity contribution in [3.8, 4) is 11.5 Å². The average Bonchev–Trinajstić information content (AvgIpc) is 3.18. The Labute approximate surface area is 208 Å². The van der Waals surface area contributed by atoms with Crippen LogP contribution in [0.2, 0.25) is 5.02 Å². The first-order valence-electron chi connectivity index (χ1n) is 11.4. The van der Waals surface area contributed by atoms with E-state index in [1.165, 1.54) is 0 Å². The van der Waals surface area contributed by atoms with Gasteiger partial charge in [-0.2, -0.15) is 0 Å². The van der Waals surface area contributed by atoms with Crippen LogP contribution in [0.25, 0.3) is 21.9 Å². The predicted octanol–water partition coefficient (Wildman–Crippen LogP) is 5.62. The van der Waals surface area contributed by atoms with Crippen molar-refractivity contribution in [3.63, 3.8) is 0 Å². The molecule has 0 unspecified atom stereocenters. The molecule has 178 valence electrons. The number of benzene rings is 3. The zero-order valence-electron chi connectivity index (χ0n) is 19.9. The van der Waals surface area contributed by atoms with Crippen LogP contribution in [0.4, 0.5) is 0 Å². The highest BCUT2D eigenvalue weighted by Crippen LogP contribution is 2.29. The minimum Gasteiger partial charge on any atom is -0.493 e. The summed E-state index contributed by atoms with van der Waals surface area (Å²) in [6.07, 6.45) is 2.30. The van der Waals surface area contributed by atoms with Crippen molar-refractivity contribution in [1.82, 2.24) is 14.1 Å². The van der Waals surface area contributed by atoms with E-state index in [9.17, 15) is 4.79 Å². The van der Waals surface area contributed by atoms with Gasteiger partial charge in [0.15, 0.2) is 11.5 Å². The van der Waals surface area contributed by atoms with Gasteiger partial charge in [0.25, 0.3) is 5.56 Å². The molecule has 0 saturated carbocycles. The van der Waals surface area contributed by atoms with Gasteiger partial charge >= 0.3 is 0 Å². The molecule has 0 radical (unpaired) electrons. The van der Waals surface area contributed by atoms with Gasteiger partial charge in [-0.25, -0.2) is 4.98 Å². The molecule has 5 rings (SSSR count). The van der Waals surface area contributed by atoms with Crippen molar-refractivity contribution in [2.75, 3.05) is 14.2 Å². The second kappa shape index (κ2) is 9.47. The molecule has 6 nitrogen and oxygen atoms in total. The fourth-order valence-electron chi connectivity index (χ4n) is 4.52. The minimum atomic E-state index is -0.0728. The van der Waals surface area contributed by atoms with Crippen LogP contribution in [0.3, 0.4) is 0 Å². The van der Waals surface area contributed by atoms with E-state index in [0.717, 1.165) is 27.6 Å². The summed E-state index contributed by atoms with van der Waals surface area (Å²) >= 11 is 6.47. The Kier molecular flexibility index (Phi) is 6.22. The summed E-state index contributed by atoms with van der Waals surface area (Å²) in [4.78, 5) is 18.5. The Bertz CT molecular complexity index is 1600. The summed E-state index contributed by atoms with van der Waals surface area (Å²) in [6.45, 7) is 3.02. The van der Waals surface area contributed by atoms with Gasteiger partial charge in [0.05, 0.1) is 26.1 Å². The van der Waals surface area contributed by atoms with Crippen LogP contribution < -0.4 is 15.0 Å². The summed E-state index contributed by atoms with van der Waals surface area (Å²) in [7, 11) is 3.23. The third-order valence-corrected chi connectivity index (χ3v) is 6.73. The number of hydrogen-bond donors (Lipinski definition) is 0. The fourth-order valence-corrected chi connectivity index (χ4v) is 4.72. The maximum absolute atomic E-state index is 13.7. The van der Waals surface area contributed by atoms with E-state index in [1.54, 1.807) is 25.1 Å². The Balaban J connectivity index is 1.59. The lowest BCUT2D eigenvalue weighted by molar-refractivity contribution is 0.354. The smallest absolute Gasteiger partial charge is 0.277 e. The third-order valence-electron chi connectivity index (χ3n) is 6.36. The highest BCUT2D eigenvalue weighted by Gasteiger charge is 2.18. The molecule has 2 heterocycles. The Hall–Kier alpha value is -3.77. The van der Waals surface area contributed by atoms with Crippen LogP contribution in [0, 0.1) is 6.92 Å². The molecule has 5 aromatic rings. The quantitative estimate of drug-likeness (QED) is 0.299. The molecule has 0 fully saturated rings. The molecule has 0 spiro atoms. The molecule has 3 aromatic carbocycles. The average molecular weight is 488 g/mol. The van der Waals surface area contributed by atoms with Crippen molar-refractivity contribution >= 4 is 33.5 Å². The zero-order valence-corrected chi connectivity index (χ0v) is 20.7. The SMILES string of the molecule is COc1ccc(CCn2cnc3c4cc(C)ccc4n(Cc4ccccc4Cl)c3c2=O)cc1OC. The van der Waals surface area contributed by atoms with Crippen LogP contribution in [0.1, 0.15) is 16.7 Å². The number of ether oxygens (including phenoxy) is 2. The number of nitrogens with zero attached hydrogens (tertiary/aromatic N) is 3. The van der Waals surface area contributed by atoms with Crippen molar-refractivity contribution in [3.05, 3.63) is 99.1 Å². The first kappa shape index (κ1) is 23.0. The largest absolute Gasteiger partial charge is 0.493 e. The molecule has 0 aliphatic carbocycles.